The topological polar surface area (TPSA) is 175 Å². The Bertz CT molecular complexity index is 944. The summed E-state index contributed by atoms with van der Waals surface area (Å²) in [4.78, 5) is 49.2. The molecule has 0 aliphatic heterocycles. The van der Waals surface area contributed by atoms with Crippen molar-refractivity contribution in [2.45, 2.75) is 38.8 Å². The third-order valence-corrected chi connectivity index (χ3v) is 4.79. The van der Waals surface area contributed by atoms with Crippen LogP contribution < -0.4 is 21.5 Å². The van der Waals surface area contributed by atoms with Gasteiger partial charge >= 0.3 is 24.0 Å². The standard InChI is InChI=1S/C24H30N4O8/c1-3-35-21(31)19(13-15-5-9-17(29)10-6-15)25-23(33)27-28-24(34)26-20(22(32)36-4-2)14-16-7-11-18(30)12-8-16/h5-12,19-20,29-30H,3-4,13-14H2,1-2H3,(H2,25,27,33)(H2,26,28,34)/t19-,20-/m0/s1. The summed E-state index contributed by atoms with van der Waals surface area (Å²) in [6.45, 7) is 3.45. The fourth-order valence-electron chi connectivity index (χ4n) is 3.11. The average Bonchev–Trinajstić information content (AvgIpc) is 2.85. The van der Waals surface area contributed by atoms with Gasteiger partial charge in [0.15, 0.2) is 0 Å². The lowest BCUT2D eigenvalue weighted by Gasteiger charge is -2.20. The van der Waals surface area contributed by atoms with Crippen molar-refractivity contribution in [3.8, 4) is 11.5 Å². The Morgan fingerprint density at radius 1 is 0.667 bits per heavy atom. The van der Waals surface area contributed by atoms with Gasteiger partial charge in [-0.15, -0.1) is 0 Å². The first-order valence-electron chi connectivity index (χ1n) is 11.2. The van der Waals surface area contributed by atoms with Crippen LogP contribution >= 0.6 is 0 Å². The maximum atomic E-state index is 12.3. The molecule has 0 spiro atoms. The van der Waals surface area contributed by atoms with Gasteiger partial charge in [-0.2, -0.15) is 0 Å². The first kappa shape index (κ1) is 27.8. The van der Waals surface area contributed by atoms with Crippen LogP contribution in [0.1, 0.15) is 25.0 Å². The summed E-state index contributed by atoms with van der Waals surface area (Å²) >= 11 is 0. The Hall–Kier alpha value is -4.48. The number of hydrogen-bond donors (Lipinski definition) is 6. The summed E-state index contributed by atoms with van der Waals surface area (Å²) in [5.74, 6) is -1.25. The molecule has 36 heavy (non-hydrogen) atoms. The van der Waals surface area contributed by atoms with E-state index in [-0.39, 0.29) is 37.6 Å². The average molecular weight is 503 g/mol. The van der Waals surface area contributed by atoms with E-state index >= 15 is 0 Å². The Balaban J connectivity index is 1.95. The van der Waals surface area contributed by atoms with E-state index in [0.29, 0.717) is 11.1 Å². The van der Waals surface area contributed by atoms with Gasteiger partial charge in [-0.05, 0) is 49.2 Å². The number of carbonyl (C=O) groups excluding carboxylic acids is 4. The molecular formula is C24H30N4O8. The van der Waals surface area contributed by atoms with Crippen LogP contribution in [0.25, 0.3) is 0 Å². The van der Waals surface area contributed by atoms with E-state index < -0.39 is 36.1 Å². The molecule has 0 saturated carbocycles. The predicted molar refractivity (Wildman–Crippen MR) is 128 cm³/mol. The van der Waals surface area contributed by atoms with Gasteiger partial charge in [-0.25, -0.2) is 30.0 Å². The van der Waals surface area contributed by atoms with Gasteiger partial charge in [-0.3, -0.25) is 0 Å². The molecule has 4 amide bonds. The largest absolute Gasteiger partial charge is 0.508 e. The van der Waals surface area contributed by atoms with Crippen LogP contribution in [-0.4, -0.2) is 59.5 Å². The van der Waals surface area contributed by atoms with Gasteiger partial charge in [0.25, 0.3) is 0 Å². The second-order valence-corrected chi connectivity index (χ2v) is 7.55. The molecule has 2 aromatic carbocycles. The summed E-state index contributed by atoms with van der Waals surface area (Å²) in [5, 5.41) is 23.7. The van der Waals surface area contributed by atoms with Crippen molar-refractivity contribution in [2.24, 2.45) is 0 Å². The van der Waals surface area contributed by atoms with E-state index in [0.717, 1.165) is 0 Å². The Morgan fingerprint density at radius 3 is 1.31 bits per heavy atom. The number of rotatable bonds is 10. The smallest absolute Gasteiger partial charge is 0.334 e. The van der Waals surface area contributed by atoms with Gasteiger partial charge in [0.05, 0.1) is 13.2 Å². The van der Waals surface area contributed by atoms with Gasteiger partial charge < -0.3 is 30.3 Å². The zero-order chi connectivity index (χ0) is 26.5. The lowest BCUT2D eigenvalue weighted by molar-refractivity contribution is -0.146. The van der Waals surface area contributed by atoms with E-state index in [9.17, 15) is 29.4 Å². The summed E-state index contributed by atoms with van der Waals surface area (Å²) in [6.07, 6.45) is 0.159. The molecule has 0 saturated heterocycles. The van der Waals surface area contributed by atoms with Crippen LogP contribution in [0.15, 0.2) is 48.5 Å². The SMILES string of the molecule is CCOC(=O)[C@H](Cc1ccc(O)cc1)NC(=O)NNC(=O)N[C@@H](Cc1ccc(O)cc1)C(=O)OCC. The third-order valence-electron chi connectivity index (χ3n) is 4.79. The Morgan fingerprint density at radius 2 is 1.00 bits per heavy atom. The quantitative estimate of drug-likeness (QED) is 0.208. The van der Waals surface area contributed by atoms with Gasteiger partial charge in [0.2, 0.25) is 0 Å². The number of hydrogen-bond acceptors (Lipinski definition) is 8. The number of carbonyl (C=O) groups is 4. The molecule has 0 aliphatic rings. The minimum Gasteiger partial charge on any atom is -0.508 e. The van der Waals surface area contributed by atoms with Gasteiger partial charge in [0.1, 0.15) is 23.6 Å². The van der Waals surface area contributed by atoms with Crippen molar-refractivity contribution in [3.05, 3.63) is 59.7 Å². The van der Waals surface area contributed by atoms with Crippen molar-refractivity contribution in [1.29, 1.82) is 0 Å². The lowest BCUT2D eigenvalue weighted by Crippen LogP contribution is -2.56. The van der Waals surface area contributed by atoms with Crippen molar-refractivity contribution in [1.82, 2.24) is 21.5 Å². The normalized spacial score (nSPS) is 11.9. The van der Waals surface area contributed by atoms with E-state index in [1.165, 1.54) is 24.3 Å². The number of nitrogens with one attached hydrogen (secondary N) is 4. The molecule has 0 fully saturated rings. The van der Waals surface area contributed by atoms with E-state index in [2.05, 4.69) is 21.5 Å². The second kappa shape index (κ2) is 14.0. The molecule has 2 rings (SSSR count). The molecule has 194 valence electrons. The second-order valence-electron chi connectivity index (χ2n) is 7.55. The molecule has 0 aromatic heterocycles. The highest BCUT2D eigenvalue weighted by molar-refractivity contribution is 5.87. The van der Waals surface area contributed by atoms with E-state index in [1.807, 2.05) is 0 Å². The first-order valence-corrected chi connectivity index (χ1v) is 11.2. The van der Waals surface area contributed by atoms with Crippen molar-refractivity contribution >= 4 is 24.0 Å². The maximum Gasteiger partial charge on any atom is 0.334 e. The number of urea groups is 2. The van der Waals surface area contributed by atoms with E-state index in [1.54, 1.807) is 38.1 Å². The molecule has 0 radical (unpaired) electrons. The lowest BCUT2D eigenvalue weighted by atomic mass is 10.1. The number of amides is 4. The molecule has 0 aliphatic carbocycles. The number of benzene rings is 2. The third kappa shape index (κ3) is 9.41. The van der Waals surface area contributed by atoms with E-state index in [4.69, 9.17) is 9.47 Å². The van der Waals surface area contributed by atoms with Crippen LogP contribution in [0.5, 0.6) is 11.5 Å². The maximum absolute atomic E-state index is 12.3. The number of ether oxygens (including phenoxy) is 2. The number of phenols is 2. The van der Waals surface area contributed by atoms with Crippen LogP contribution in [-0.2, 0) is 31.9 Å². The van der Waals surface area contributed by atoms with Gasteiger partial charge in [0, 0.05) is 12.8 Å². The number of esters is 2. The monoisotopic (exact) mass is 502 g/mol. The summed E-state index contributed by atoms with van der Waals surface area (Å²) in [6, 6.07) is 8.23. The zero-order valence-electron chi connectivity index (χ0n) is 19.9. The van der Waals surface area contributed by atoms with Crippen LogP contribution in [0.3, 0.4) is 0 Å². The van der Waals surface area contributed by atoms with Crippen LogP contribution in [0, 0.1) is 0 Å². The number of phenolic OH excluding ortho intramolecular Hbond substituents is 2. The molecule has 2 atom stereocenters. The molecule has 2 aromatic rings. The highest BCUT2D eigenvalue weighted by Gasteiger charge is 2.25. The van der Waals surface area contributed by atoms with Crippen LogP contribution in [0.2, 0.25) is 0 Å². The van der Waals surface area contributed by atoms with Crippen molar-refractivity contribution in [3.63, 3.8) is 0 Å². The Kier molecular flexibility index (Phi) is 10.8. The molecule has 0 unspecified atom stereocenters. The predicted octanol–water partition coefficient (Wildman–Crippen LogP) is 1.26. The fourth-order valence-corrected chi connectivity index (χ4v) is 3.11. The molecular weight excluding hydrogens is 472 g/mol. The minimum atomic E-state index is -1.07. The summed E-state index contributed by atoms with van der Waals surface area (Å²) in [5.41, 5.74) is 5.53. The van der Waals surface area contributed by atoms with Crippen molar-refractivity contribution < 1.29 is 38.9 Å². The minimum absolute atomic E-state index is 0.0545. The zero-order valence-corrected chi connectivity index (χ0v) is 19.9. The summed E-state index contributed by atoms with van der Waals surface area (Å²) in [7, 11) is 0. The fraction of sp³-hybridized carbons (Fsp3) is 0.333. The van der Waals surface area contributed by atoms with Crippen LogP contribution in [0.4, 0.5) is 9.59 Å². The highest BCUT2D eigenvalue weighted by Crippen LogP contribution is 2.13. The summed E-state index contributed by atoms with van der Waals surface area (Å²) < 4.78 is 9.99. The number of aromatic hydroxyl groups is 2. The molecule has 6 N–H and O–H groups in total. The molecule has 12 heteroatoms. The molecule has 0 heterocycles. The highest BCUT2D eigenvalue weighted by atomic mass is 16.5. The molecule has 0 bridgehead atoms. The van der Waals surface area contributed by atoms with Crippen molar-refractivity contribution in [2.75, 3.05) is 13.2 Å². The number of hydrazine groups is 1. The first-order chi connectivity index (χ1) is 17.2. The van der Waals surface area contributed by atoms with Gasteiger partial charge in [-0.1, -0.05) is 24.3 Å². The Labute approximate surface area is 207 Å². The molecule has 12 nitrogen and oxygen atoms in total.